The topological polar surface area (TPSA) is 21.3 Å². The van der Waals surface area contributed by atoms with E-state index in [1.54, 1.807) is 12.1 Å². The number of benzene rings is 2. The van der Waals surface area contributed by atoms with Crippen LogP contribution < -0.4 is 10.1 Å². The van der Waals surface area contributed by atoms with Crippen LogP contribution in [0.5, 0.6) is 5.75 Å². The first-order valence-corrected chi connectivity index (χ1v) is 6.95. The van der Waals surface area contributed by atoms with Crippen molar-refractivity contribution in [1.82, 2.24) is 5.32 Å². The molecule has 0 spiro atoms. The minimum Gasteiger partial charge on any atom is -0.489 e. The minimum absolute atomic E-state index is 0.275. The Labute approximate surface area is 119 Å². The van der Waals surface area contributed by atoms with E-state index in [1.807, 2.05) is 12.1 Å². The summed E-state index contributed by atoms with van der Waals surface area (Å²) in [6.45, 7) is 4.49. The highest BCUT2D eigenvalue weighted by Gasteiger charge is 2.03. The first-order valence-electron chi connectivity index (χ1n) is 6.95. The number of halogens is 1. The number of rotatable bonds is 7. The van der Waals surface area contributed by atoms with Crippen LogP contribution in [-0.2, 0) is 13.0 Å². The monoisotopic (exact) mass is 273 g/mol. The molecule has 0 radical (unpaired) electrons. The lowest BCUT2D eigenvalue weighted by molar-refractivity contribution is 0.303. The lowest BCUT2D eigenvalue weighted by atomic mass is 10.1. The average molecular weight is 273 g/mol. The van der Waals surface area contributed by atoms with Gasteiger partial charge in [0.05, 0.1) is 0 Å². The van der Waals surface area contributed by atoms with Crippen LogP contribution in [0, 0.1) is 5.82 Å². The van der Waals surface area contributed by atoms with Crippen molar-refractivity contribution >= 4 is 0 Å². The zero-order valence-electron chi connectivity index (χ0n) is 11.7. The summed E-state index contributed by atoms with van der Waals surface area (Å²) in [6, 6.07) is 14.4. The molecule has 20 heavy (non-hydrogen) atoms. The second-order valence-corrected chi connectivity index (χ2v) is 4.62. The third-order valence-corrected chi connectivity index (χ3v) is 3.13. The molecule has 0 atom stereocenters. The summed E-state index contributed by atoms with van der Waals surface area (Å²) >= 11 is 0. The van der Waals surface area contributed by atoms with Crippen molar-refractivity contribution in [3.05, 3.63) is 65.5 Å². The maximum absolute atomic E-state index is 13.1. The normalized spacial score (nSPS) is 10.5. The van der Waals surface area contributed by atoms with Gasteiger partial charge in [-0.25, -0.2) is 4.39 Å². The maximum Gasteiger partial charge on any atom is 0.126 e. The molecule has 0 fully saturated rings. The van der Waals surface area contributed by atoms with Crippen LogP contribution in [-0.4, -0.2) is 13.1 Å². The second-order valence-electron chi connectivity index (χ2n) is 4.62. The van der Waals surface area contributed by atoms with Gasteiger partial charge in [0.2, 0.25) is 0 Å². The Morgan fingerprint density at radius 2 is 1.85 bits per heavy atom. The molecule has 2 aromatic rings. The number of ether oxygens (including phenoxy) is 1. The molecule has 3 heteroatoms. The Kier molecular flexibility index (Phi) is 5.56. The Balaban J connectivity index is 1.98. The molecular weight excluding hydrogens is 253 g/mol. The van der Waals surface area contributed by atoms with Gasteiger partial charge in [0.1, 0.15) is 18.2 Å². The fraction of sp³-hybridized carbons (Fsp3) is 0.294. The van der Waals surface area contributed by atoms with E-state index in [0.29, 0.717) is 12.4 Å². The van der Waals surface area contributed by atoms with E-state index < -0.39 is 0 Å². The van der Waals surface area contributed by atoms with Crippen molar-refractivity contribution < 1.29 is 9.13 Å². The van der Waals surface area contributed by atoms with Gasteiger partial charge in [-0.05, 0) is 42.8 Å². The van der Waals surface area contributed by atoms with Crippen LogP contribution >= 0.6 is 0 Å². The molecule has 0 aromatic heterocycles. The molecule has 2 rings (SSSR count). The van der Waals surface area contributed by atoms with Crippen LogP contribution in [0.3, 0.4) is 0 Å². The Bertz CT molecular complexity index is 542. The summed E-state index contributed by atoms with van der Waals surface area (Å²) in [4.78, 5) is 0. The summed E-state index contributed by atoms with van der Waals surface area (Å²) < 4.78 is 18.7. The maximum atomic E-state index is 13.1. The summed E-state index contributed by atoms with van der Waals surface area (Å²) in [5.41, 5.74) is 2.42. The van der Waals surface area contributed by atoms with Crippen LogP contribution in [0.1, 0.15) is 18.1 Å². The zero-order chi connectivity index (χ0) is 14.2. The molecule has 2 aromatic carbocycles. The highest BCUT2D eigenvalue weighted by atomic mass is 19.1. The molecule has 106 valence electrons. The summed E-state index contributed by atoms with van der Waals surface area (Å²) in [5, 5.41) is 3.31. The molecule has 0 aliphatic heterocycles. The van der Waals surface area contributed by atoms with Gasteiger partial charge in [0.25, 0.3) is 0 Å². The van der Waals surface area contributed by atoms with Crippen molar-refractivity contribution in [2.75, 3.05) is 13.1 Å². The van der Waals surface area contributed by atoms with Gasteiger partial charge < -0.3 is 10.1 Å². The summed E-state index contributed by atoms with van der Waals surface area (Å²) in [7, 11) is 0. The zero-order valence-corrected chi connectivity index (χ0v) is 11.7. The molecule has 1 N–H and O–H groups in total. The van der Waals surface area contributed by atoms with E-state index in [9.17, 15) is 4.39 Å². The third-order valence-electron chi connectivity index (χ3n) is 3.13. The first-order chi connectivity index (χ1) is 9.79. The SMILES string of the molecule is CCNCCc1ccccc1COc1cccc(F)c1. The lowest BCUT2D eigenvalue weighted by Gasteiger charge is -2.11. The van der Waals surface area contributed by atoms with E-state index in [1.165, 1.54) is 17.7 Å². The molecule has 0 amide bonds. The molecule has 0 unspecified atom stereocenters. The quantitative estimate of drug-likeness (QED) is 0.779. The Morgan fingerprint density at radius 3 is 2.60 bits per heavy atom. The van der Waals surface area contributed by atoms with Crippen molar-refractivity contribution in [3.63, 3.8) is 0 Å². The number of hydrogen-bond acceptors (Lipinski definition) is 2. The van der Waals surface area contributed by atoms with Gasteiger partial charge in [-0.1, -0.05) is 37.3 Å². The molecule has 0 heterocycles. The van der Waals surface area contributed by atoms with Gasteiger partial charge in [-0.15, -0.1) is 0 Å². The van der Waals surface area contributed by atoms with E-state index >= 15 is 0 Å². The molecule has 0 aliphatic carbocycles. The Morgan fingerprint density at radius 1 is 1.05 bits per heavy atom. The minimum atomic E-state index is -0.275. The molecular formula is C17H20FNO. The Hall–Kier alpha value is -1.87. The molecule has 0 saturated heterocycles. The van der Waals surface area contributed by atoms with Gasteiger partial charge >= 0.3 is 0 Å². The fourth-order valence-electron chi connectivity index (χ4n) is 2.06. The number of nitrogens with one attached hydrogen (secondary N) is 1. The predicted octanol–water partition coefficient (Wildman–Crippen LogP) is 3.56. The standard InChI is InChI=1S/C17H20FNO/c1-2-19-11-10-14-6-3-4-7-15(14)13-20-17-9-5-8-16(18)12-17/h3-9,12,19H,2,10-11,13H2,1H3. The van der Waals surface area contributed by atoms with Gasteiger partial charge in [0.15, 0.2) is 0 Å². The van der Waals surface area contributed by atoms with Crippen LogP contribution in [0.4, 0.5) is 4.39 Å². The van der Waals surface area contributed by atoms with Gasteiger partial charge in [-0.2, -0.15) is 0 Å². The average Bonchev–Trinajstić information content (AvgIpc) is 2.47. The first kappa shape index (κ1) is 14.5. The van der Waals surface area contributed by atoms with Crippen LogP contribution in [0.25, 0.3) is 0 Å². The largest absolute Gasteiger partial charge is 0.489 e. The fourth-order valence-corrected chi connectivity index (χ4v) is 2.06. The molecule has 0 bridgehead atoms. The lowest BCUT2D eigenvalue weighted by Crippen LogP contribution is -2.17. The van der Waals surface area contributed by atoms with Crippen molar-refractivity contribution in [2.24, 2.45) is 0 Å². The van der Waals surface area contributed by atoms with E-state index in [0.717, 1.165) is 25.1 Å². The van der Waals surface area contributed by atoms with Gasteiger partial charge in [-0.3, -0.25) is 0 Å². The predicted molar refractivity (Wildman–Crippen MR) is 79.4 cm³/mol. The van der Waals surface area contributed by atoms with Crippen LogP contribution in [0.2, 0.25) is 0 Å². The van der Waals surface area contributed by atoms with E-state index in [4.69, 9.17) is 4.74 Å². The highest BCUT2D eigenvalue weighted by Crippen LogP contribution is 2.16. The highest BCUT2D eigenvalue weighted by molar-refractivity contribution is 5.28. The second kappa shape index (κ2) is 7.65. The number of likely N-dealkylation sites (N-methyl/N-ethyl adjacent to an activating group) is 1. The summed E-state index contributed by atoms with van der Waals surface area (Å²) in [6.07, 6.45) is 0.969. The third kappa shape index (κ3) is 4.35. The van der Waals surface area contributed by atoms with Crippen molar-refractivity contribution in [1.29, 1.82) is 0 Å². The van der Waals surface area contributed by atoms with Crippen molar-refractivity contribution in [2.45, 2.75) is 20.0 Å². The number of hydrogen-bond donors (Lipinski definition) is 1. The molecule has 0 aliphatic rings. The molecule has 0 saturated carbocycles. The smallest absolute Gasteiger partial charge is 0.126 e. The van der Waals surface area contributed by atoms with Crippen molar-refractivity contribution in [3.8, 4) is 5.75 Å². The van der Waals surface area contributed by atoms with E-state index in [-0.39, 0.29) is 5.82 Å². The van der Waals surface area contributed by atoms with Crippen LogP contribution in [0.15, 0.2) is 48.5 Å². The summed E-state index contributed by atoms with van der Waals surface area (Å²) in [5.74, 6) is 0.286. The molecule has 2 nitrogen and oxygen atoms in total. The van der Waals surface area contributed by atoms with Gasteiger partial charge in [0, 0.05) is 6.07 Å². The van der Waals surface area contributed by atoms with E-state index in [2.05, 4.69) is 24.4 Å².